The molecule has 106 valence electrons. The van der Waals surface area contributed by atoms with E-state index in [1.165, 1.54) is 0 Å². The summed E-state index contributed by atoms with van der Waals surface area (Å²) in [5, 5.41) is 8.99. The summed E-state index contributed by atoms with van der Waals surface area (Å²) in [5.41, 5.74) is 6.37. The second-order valence-corrected chi connectivity index (χ2v) is 5.05. The van der Waals surface area contributed by atoms with Crippen LogP contribution < -0.4 is 5.73 Å². The van der Waals surface area contributed by atoms with Crippen LogP contribution in [0.15, 0.2) is 6.33 Å². The van der Waals surface area contributed by atoms with Crippen LogP contribution in [-0.4, -0.2) is 30.6 Å². The van der Waals surface area contributed by atoms with E-state index in [0.717, 1.165) is 0 Å². The monoisotopic (exact) mass is 279 g/mol. The van der Waals surface area contributed by atoms with Crippen molar-refractivity contribution in [3.63, 3.8) is 0 Å². The number of halogens is 1. The molecule has 20 heavy (non-hydrogen) atoms. The Morgan fingerprint density at radius 3 is 2.70 bits per heavy atom. The molecule has 1 aliphatic carbocycles. The Labute approximate surface area is 113 Å². The zero-order valence-corrected chi connectivity index (χ0v) is 10.7. The molecule has 0 bridgehead atoms. The highest BCUT2D eigenvalue weighted by atomic mass is 19.1. The molecule has 0 spiro atoms. The van der Waals surface area contributed by atoms with Crippen molar-refractivity contribution in [2.75, 3.05) is 5.73 Å². The number of fused-ring (bicyclic) bond motifs is 1. The summed E-state index contributed by atoms with van der Waals surface area (Å²) in [6, 6.07) is 0.0734. The SMILES string of the molecule is Nc1nc(F)nc2c1ncn2[C@H]1CC[C@@H](C(=O)O)CC1. The molecule has 0 aliphatic heterocycles. The summed E-state index contributed by atoms with van der Waals surface area (Å²) in [7, 11) is 0. The van der Waals surface area contributed by atoms with Gasteiger partial charge >= 0.3 is 12.0 Å². The van der Waals surface area contributed by atoms with Gasteiger partial charge in [0.05, 0.1) is 12.2 Å². The molecule has 0 atom stereocenters. The average molecular weight is 279 g/mol. The standard InChI is InChI=1S/C12H14FN5O2/c13-12-16-9(14)8-10(17-12)18(5-15-8)7-3-1-6(2-4-7)11(19)20/h5-7H,1-4H2,(H,19,20)(H2,14,16,17)/t6-,7+. The lowest BCUT2D eigenvalue weighted by atomic mass is 9.86. The van der Waals surface area contributed by atoms with E-state index in [-0.39, 0.29) is 17.8 Å². The van der Waals surface area contributed by atoms with Gasteiger partial charge in [0, 0.05) is 6.04 Å². The van der Waals surface area contributed by atoms with E-state index in [2.05, 4.69) is 15.0 Å². The van der Waals surface area contributed by atoms with Gasteiger partial charge in [0.25, 0.3) is 0 Å². The van der Waals surface area contributed by atoms with Crippen molar-refractivity contribution < 1.29 is 14.3 Å². The van der Waals surface area contributed by atoms with E-state index >= 15 is 0 Å². The van der Waals surface area contributed by atoms with Crippen LogP contribution in [0.2, 0.25) is 0 Å². The predicted octanol–water partition coefficient (Wildman–Crippen LogP) is 1.36. The second-order valence-electron chi connectivity index (χ2n) is 5.05. The van der Waals surface area contributed by atoms with Gasteiger partial charge in [-0.15, -0.1) is 0 Å². The Morgan fingerprint density at radius 1 is 1.35 bits per heavy atom. The minimum Gasteiger partial charge on any atom is -0.481 e. The molecule has 2 aromatic heterocycles. The molecule has 1 saturated carbocycles. The minimum absolute atomic E-state index is 0.0190. The zero-order valence-electron chi connectivity index (χ0n) is 10.7. The van der Waals surface area contributed by atoms with Gasteiger partial charge < -0.3 is 15.4 Å². The minimum atomic E-state index is -0.879. The van der Waals surface area contributed by atoms with Crippen LogP contribution >= 0.6 is 0 Å². The lowest BCUT2D eigenvalue weighted by molar-refractivity contribution is -0.143. The van der Waals surface area contributed by atoms with Gasteiger partial charge in [-0.3, -0.25) is 4.79 Å². The van der Waals surface area contributed by atoms with Gasteiger partial charge in [-0.25, -0.2) is 4.98 Å². The van der Waals surface area contributed by atoms with E-state index in [1.54, 1.807) is 10.9 Å². The molecule has 0 amide bonds. The summed E-state index contributed by atoms with van der Waals surface area (Å²) in [6.07, 6.45) is 3.30. The molecule has 7 nitrogen and oxygen atoms in total. The summed E-state index contributed by atoms with van der Waals surface area (Å²) in [6.45, 7) is 0. The van der Waals surface area contributed by atoms with Gasteiger partial charge in [0.15, 0.2) is 11.5 Å². The maximum absolute atomic E-state index is 13.3. The van der Waals surface area contributed by atoms with Gasteiger partial charge in [0.1, 0.15) is 5.52 Å². The smallest absolute Gasteiger partial charge is 0.312 e. The summed E-state index contributed by atoms with van der Waals surface area (Å²) in [4.78, 5) is 22.3. The number of nitrogens with zero attached hydrogens (tertiary/aromatic N) is 4. The van der Waals surface area contributed by atoms with E-state index in [9.17, 15) is 9.18 Å². The lowest BCUT2D eigenvalue weighted by Gasteiger charge is -2.27. The first-order valence-electron chi connectivity index (χ1n) is 6.44. The Balaban J connectivity index is 1.90. The molecular weight excluding hydrogens is 265 g/mol. The number of hydrogen-bond acceptors (Lipinski definition) is 5. The molecule has 2 aromatic rings. The fraction of sp³-hybridized carbons (Fsp3) is 0.500. The van der Waals surface area contributed by atoms with Gasteiger partial charge in [-0.2, -0.15) is 14.4 Å². The summed E-state index contributed by atoms with van der Waals surface area (Å²) >= 11 is 0. The average Bonchev–Trinajstić information content (AvgIpc) is 2.82. The van der Waals surface area contributed by atoms with E-state index in [4.69, 9.17) is 10.8 Å². The largest absolute Gasteiger partial charge is 0.481 e. The van der Waals surface area contributed by atoms with Crippen molar-refractivity contribution in [3.05, 3.63) is 12.4 Å². The third-order valence-electron chi connectivity index (χ3n) is 3.86. The van der Waals surface area contributed by atoms with Crippen molar-refractivity contribution in [1.29, 1.82) is 0 Å². The number of nitrogens with two attached hydrogens (primary N) is 1. The molecule has 1 aliphatic rings. The highest BCUT2D eigenvalue weighted by Crippen LogP contribution is 2.34. The fourth-order valence-corrected chi connectivity index (χ4v) is 2.78. The number of imidazole rings is 1. The van der Waals surface area contributed by atoms with E-state index < -0.39 is 12.0 Å². The van der Waals surface area contributed by atoms with E-state index in [1.807, 2.05) is 0 Å². The van der Waals surface area contributed by atoms with Gasteiger partial charge in [-0.1, -0.05) is 0 Å². The van der Waals surface area contributed by atoms with Crippen molar-refractivity contribution in [2.24, 2.45) is 5.92 Å². The maximum Gasteiger partial charge on any atom is 0.312 e. The second kappa shape index (κ2) is 4.69. The van der Waals surface area contributed by atoms with Crippen LogP contribution in [0.1, 0.15) is 31.7 Å². The number of aliphatic carboxylic acids is 1. The van der Waals surface area contributed by atoms with Crippen LogP contribution in [0.3, 0.4) is 0 Å². The summed E-state index contributed by atoms with van der Waals surface area (Å²) in [5.74, 6) is -1.03. The van der Waals surface area contributed by atoms with Crippen molar-refractivity contribution in [2.45, 2.75) is 31.7 Å². The number of hydrogen-bond donors (Lipinski definition) is 2. The molecular formula is C12H14FN5O2. The lowest BCUT2D eigenvalue weighted by Crippen LogP contribution is -2.23. The maximum atomic E-state index is 13.3. The number of aromatic nitrogens is 4. The molecule has 3 N–H and O–H groups in total. The van der Waals surface area contributed by atoms with Crippen LogP contribution in [-0.2, 0) is 4.79 Å². The molecule has 2 heterocycles. The first kappa shape index (κ1) is 12.8. The van der Waals surface area contributed by atoms with Crippen molar-refractivity contribution in [3.8, 4) is 0 Å². The molecule has 0 saturated heterocycles. The van der Waals surface area contributed by atoms with E-state index in [0.29, 0.717) is 36.8 Å². The fourth-order valence-electron chi connectivity index (χ4n) is 2.78. The van der Waals surface area contributed by atoms with Crippen LogP contribution in [0, 0.1) is 12.0 Å². The number of anilines is 1. The molecule has 1 fully saturated rings. The number of carboxylic acids is 1. The number of nitrogen functional groups attached to an aromatic ring is 1. The molecule has 0 radical (unpaired) electrons. The van der Waals surface area contributed by atoms with Crippen molar-refractivity contribution in [1.82, 2.24) is 19.5 Å². The third-order valence-corrected chi connectivity index (χ3v) is 3.86. The predicted molar refractivity (Wildman–Crippen MR) is 68.3 cm³/mol. The highest BCUT2D eigenvalue weighted by Gasteiger charge is 2.28. The highest BCUT2D eigenvalue weighted by molar-refractivity contribution is 5.81. The first-order chi connectivity index (χ1) is 9.56. The van der Waals surface area contributed by atoms with Crippen LogP contribution in [0.25, 0.3) is 11.2 Å². The number of carboxylic acid groups (broad SMARTS) is 1. The Morgan fingerprint density at radius 2 is 2.05 bits per heavy atom. The summed E-state index contributed by atoms with van der Waals surface area (Å²) < 4.78 is 15.0. The Hall–Kier alpha value is -2.25. The molecule has 0 aromatic carbocycles. The first-order valence-corrected chi connectivity index (χ1v) is 6.44. The zero-order chi connectivity index (χ0) is 14.3. The Kier molecular flexibility index (Phi) is 3.00. The Bertz CT molecular complexity index is 663. The molecule has 3 rings (SSSR count). The third kappa shape index (κ3) is 2.06. The van der Waals surface area contributed by atoms with Crippen molar-refractivity contribution >= 4 is 23.0 Å². The quantitative estimate of drug-likeness (QED) is 0.804. The van der Waals surface area contributed by atoms with Gasteiger partial charge in [-0.05, 0) is 25.7 Å². The molecule has 8 heteroatoms. The van der Waals surface area contributed by atoms with Gasteiger partial charge in [0.2, 0.25) is 0 Å². The topological polar surface area (TPSA) is 107 Å². The number of carbonyl (C=O) groups is 1. The van der Waals surface area contributed by atoms with Crippen LogP contribution in [0.5, 0.6) is 0 Å². The molecule has 0 unspecified atom stereocenters. The normalized spacial score (nSPS) is 23.1. The van der Waals surface area contributed by atoms with Crippen LogP contribution in [0.4, 0.5) is 10.2 Å². The number of rotatable bonds is 2.